The number of benzene rings is 2. The molecule has 2 heterocycles. The Morgan fingerprint density at radius 2 is 2.03 bits per heavy atom. The molecule has 0 fully saturated rings. The highest BCUT2D eigenvalue weighted by atomic mass is 35.5. The van der Waals surface area contributed by atoms with Crippen molar-refractivity contribution in [2.75, 3.05) is 12.4 Å². The fourth-order valence-corrected chi connectivity index (χ4v) is 4.17. The van der Waals surface area contributed by atoms with Gasteiger partial charge in [-0.2, -0.15) is 0 Å². The summed E-state index contributed by atoms with van der Waals surface area (Å²) in [6, 6.07) is 11.8. The number of pyridine rings is 1. The lowest BCUT2D eigenvalue weighted by Crippen LogP contribution is -2.23. The monoisotopic (exact) mass is 444 g/mol. The van der Waals surface area contributed by atoms with Crippen LogP contribution in [0.5, 0.6) is 5.75 Å². The van der Waals surface area contributed by atoms with Gasteiger partial charge in [0.25, 0.3) is 0 Å². The van der Waals surface area contributed by atoms with Crippen molar-refractivity contribution in [2.24, 2.45) is 0 Å². The third-order valence-electron chi connectivity index (χ3n) is 4.72. The van der Waals surface area contributed by atoms with E-state index in [0.29, 0.717) is 16.6 Å². The third kappa shape index (κ3) is 3.80. The first-order chi connectivity index (χ1) is 14.4. The molecule has 6 nitrogen and oxygen atoms in total. The van der Waals surface area contributed by atoms with Crippen molar-refractivity contribution in [3.05, 3.63) is 58.9 Å². The normalized spacial score (nSPS) is 12.3. The van der Waals surface area contributed by atoms with Crippen molar-refractivity contribution in [2.45, 2.75) is 24.3 Å². The van der Waals surface area contributed by atoms with Crippen LogP contribution in [-0.4, -0.2) is 32.9 Å². The average Bonchev–Trinajstić information content (AvgIpc) is 3.12. The molecule has 0 saturated carbocycles. The second kappa shape index (κ2) is 8.12. The van der Waals surface area contributed by atoms with E-state index < -0.39 is 11.1 Å². The second-order valence-corrected chi connectivity index (χ2v) is 8.50. The lowest BCUT2D eigenvalue weighted by Gasteiger charge is -2.13. The maximum Gasteiger partial charge on any atom is 0.237 e. The van der Waals surface area contributed by atoms with Gasteiger partial charge >= 0.3 is 0 Å². The summed E-state index contributed by atoms with van der Waals surface area (Å²) in [5.41, 5.74) is 2.70. The van der Waals surface area contributed by atoms with Gasteiger partial charge in [0.2, 0.25) is 5.91 Å². The highest BCUT2D eigenvalue weighted by Crippen LogP contribution is 2.30. The molecule has 0 bridgehead atoms. The molecule has 2 aromatic carbocycles. The molecule has 154 valence electrons. The van der Waals surface area contributed by atoms with Gasteiger partial charge in [0.1, 0.15) is 11.6 Å². The van der Waals surface area contributed by atoms with Gasteiger partial charge in [-0.15, -0.1) is 10.2 Å². The van der Waals surface area contributed by atoms with Crippen LogP contribution in [-0.2, 0) is 4.79 Å². The van der Waals surface area contributed by atoms with Crippen molar-refractivity contribution in [3.63, 3.8) is 0 Å². The van der Waals surface area contributed by atoms with Crippen molar-refractivity contribution >= 4 is 51.5 Å². The molecule has 1 amide bonds. The van der Waals surface area contributed by atoms with Gasteiger partial charge in [0.05, 0.1) is 23.6 Å². The Hall–Kier alpha value is -2.84. The van der Waals surface area contributed by atoms with Gasteiger partial charge in [0.15, 0.2) is 10.8 Å². The van der Waals surface area contributed by atoms with Crippen molar-refractivity contribution in [1.29, 1.82) is 0 Å². The summed E-state index contributed by atoms with van der Waals surface area (Å²) in [6.45, 7) is 3.74. The first-order valence-corrected chi connectivity index (χ1v) is 10.4. The van der Waals surface area contributed by atoms with E-state index in [4.69, 9.17) is 16.3 Å². The summed E-state index contributed by atoms with van der Waals surface area (Å²) in [5.74, 6) is -0.232. The van der Waals surface area contributed by atoms with E-state index in [1.54, 1.807) is 14.0 Å². The summed E-state index contributed by atoms with van der Waals surface area (Å²) in [6.07, 6.45) is 0. The van der Waals surface area contributed by atoms with Crippen LogP contribution in [0.3, 0.4) is 0 Å². The van der Waals surface area contributed by atoms with Crippen molar-refractivity contribution in [3.8, 4) is 5.75 Å². The molecule has 0 saturated heterocycles. The SMILES string of the molecule is COc1ccc2c(C)cc3nnc(SC(C)C(=O)Nc4ccc(Cl)cc4F)n3c2c1. The van der Waals surface area contributed by atoms with Gasteiger partial charge in [-0.1, -0.05) is 23.4 Å². The molecule has 30 heavy (non-hydrogen) atoms. The lowest BCUT2D eigenvalue weighted by atomic mass is 10.1. The van der Waals surface area contributed by atoms with Crippen molar-refractivity contribution < 1.29 is 13.9 Å². The number of rotatable bonds is 5. The number of hydrogen-bond acceptors (Lipinski definition) is 5. The Morgan fingerprint density at radius 1 is 1.23 bits per heavy atom. The van der Waals surface area contributed by atoms with Crippen LogP contribution in [0.2, 0.25) is 5.02 Å². The Kier molecular flexibility index (Phi) is 5.53. The Morgan fingerprint density at radius 3 is 2.77 bits per heavy atom. The fourth-order valence-electron chi connectivity index (χ4n) is 3.14. The van der Waals surface area contributed by atoms with Gasteiger partial charge < -0.3 is 10.1 Å². The molecule has 1 unspecified atom stereocenters. The number of carbonyl (C=O) groups is 1. The fraction of sp³-hybridized carbons (Fsp3) is 0.190. The van der Waals surface area contributed by atoms with Gasteiger partial charge in [0, 0.05) is 16.5 Å². The molecule has 0 aliphatic rings. The third-order valence-corrected chi connectivity index (χ3v) is 5.99. The van der Waals surface area contributed by atoms with Crippen LogP contribution in [0.15, 0.2) is 47.6 Å². The quantitative estimate of drug-likeness (QED) is 0.433. The summed E-state index contributed by atoms with van der Waals surface area (Å²) >= 11 is 7.00. The maximum atomic E-state index is 14.0. The number of carbonyl (C=O) groups excluding carboxylic acids is 1. The number of nitrogens with zero attached hydrogens (tertiary/aromatic N) is 3. The van der Waals surface area contributed by atoms with E-state index in [9.17, 15) is 9.18 Å². The van der Waals surface area contributed by atoms with E-state index in [1.165, 1.54) is 23.9 Å². The zero-order valence-electron chi connectivity index (χ0n) is 16.4. The minimum Gasteiger partial charge on any atom is -0.497 e. The average molecular weight is 445 g/mol. The number of aromatic nitrogens is 3. The molecule has 0 aliphatic carbocycles. The van der Waals surface area contributed by atoms with Crippen molar-refractivity contribution in [1.82, 2.24) is 14.6 Å². The summed E-state index contributed by atoms with van der Waals surface area (Å²) in [4.78, 5) is 12.6. The van der Waals surface area contributed by atoms with Crippen LogP contribution in [0.4, 0.5) is 10.1 Å². The highest BCUT2D eigenvalue weighted by molar-refractivity contribution is 8.00. The smallest absolute Gasteiger partial charge is 0.237 e. The number of ether oxygens (including phenoxy) is 1. The number of anilines is 1. The number of amides is 1. The molecule has 0 spiro atoms. The number of halogens is 2. The highest BCUT2D eigenvalue weighted by Gasteiger charge is 2.20. The van der Waals surface area contributed by atoms with E-state index >= 15 is 0 Å². The topological polar surface area (TPSA) is 68.5 Å². The molecular formula is C21H18ClFN4O2S. The number of nitrogens with one attached hydrogen (secondary N) is 1. The van der Waals surface area contributed by atoms with Gasteiger partial charge in [-0.05, 0) is 55.8 Å². The molecule has 4 rings (SSSR count). The van der Waals surface area contributed by atoms with Crippen LogP contribution in [0, 0.1) is 12.7 Å². The van der Waals surface area contributed by atoms with E-state index in [1.807, 2.05) is 35.6 Å². The molecule has 0 radical (unpaired) electrons. The molecule has 1 N–H and O–H groups in total. The van der Waals surface area contributed by atoms with Gasteiger partial charge in [-0.25, -0.2) is 4.39 Å². The van der Waals surface area contributed by atoms with Crippen LogP contribution in [0.25, 0.3) is 16.6 Å². The predicted octanol–water partition coefficient (Wildman–Crippen LogP) is 5.11. The summed E-state index contributed by atoms with van der Waals surface area (Å²) in [5, 5.41) is 12.4. The zero-order chi connectivity index (χ0) is 21.4. The first-order valence-electron chi connectivity index (χ1n) is 9.12. The molecule has 4 aromatic rings. The Labute approximate surface area is 181 Å². The minimum absolute atomic E-state index is 0.0776. The minimum atomic E-state index is -0.588. The van der Waals surface area contributed by atoms with Gasteiger partial charge in [-0.3, -0.25) is 9.20 Å². The lowest BCUT2D eigenvalue weighted by molar-refractivity contribution is -0.115. The summed E-state index contributed by atoms with van der Waals surface area (Å²) < 4.78 is 21.3. The number of aryl methyl sites for hydroxylation is 1. The Balaban J connectivity index is 1.66. The summed E-state index contributed by atoms with van der Waals surface area (Å²) in [7, 11) is 1.61. The molecular weight excluding hydrogens is 427 g/mol. The standard InChI is InChI=1S/C21H18ClFN4O2S/c1-11-8-19-25-26-21(27(19)18-10-14(29-3)5-6-15(11)18)30-12(2)20(28)24-17-7-4-13(22)9-16(17)23/h4-10,12H,1-3H3,(H,24,28). The number of methoxy groups -OCH3 is 1. The van der Waals surface area contributed by atoms with Crippen LogP contribution in [0.1, 0.15) is 12.5 Å². The number of fused-ring (bicyclic) bond motifs is 3. The van der Waals surface area contributed by atoms with E-state index in [0.717, 1.165) is 22.5 Å². The number of hydrogen-bond donors (Lipinski definition) is 1. The van der Waals surface area contributed by atoms with Crippen LogP contribution >= 0.6 is 23.4 Å². The molecule has 2 aromatic heterocycles. The van der Waals surface area contributed by atoms with E-state index in [2.05, 4.69) is 15.5 Å². The molecule has 9 heteroatoms. The van der Waals surface area contributed by atoms with E-state index in [-0.39, 0.29) is 16.6 Å². The molecule has 0 aliphatic heterocycles. The molecule has 1 atom stereocenters. The zero-order valence-corrected chi connectivity index (χ0v) is 18.0. The van der Waals surface area contributed by atoms with Crippen LogP contribution < -0.4 is 10.1 Å². The number of thioether (sulfide) groups is 1. The second-order valence-electron chi connectivity index (χ2n) is 6.76. The largest absolute Gasteiger partial charge is 0.497 e. The predicted molar refractivity (Wildman–Crippen MR) is 117 cm³/mol. The first kappa shape index (κ1) is 20.4. The Bertz CT molecular complexity index is 1280. The maximum absolute atomic E-state index is 14.0.